The summed E-state index contributed by atoms with van der Waals surface area (Å²) in [6, 6.07) is 32.2. The lowest BCUT2D eigenvalue weighted by Gasteiger charge is -2.27. The fourth-order valence-electron chi connectivity index (χ4n) is 3.47. The molecule has 0 saturated heterocycles. The summed E-state index contributed by atoms with van der Waals surface area (Å²) in [7, 11) is -1.85. The molecule has 28 heavy (non-hydrogen) atoms. The Bertz CT molecular complexity index is 808. The van der Waals surface area contributed by atoms with Crippen LogP contribution in [-0.4, -0.2) is 18.7 Å². The first-order chi connectivity index (χ1) is 13.6. The summed E-state index contributed by atoms with van der Waals surface area (Å²) >= 11 is 0. The van der Waals surface area contributed by atoms with E-state index in [9.17, 15) is 4.79 Å². The van der Waals surface area contributed by atoms with Crippen LogP contribution in [0.4, 0.5) is 0 Å². The van der Waals surface area contributed by atoms with Gasteiger partial charge in [-0.3, -0.25) is 0 Å². The number of carbonyl (C=O) groups excluding carboxylic acids is 1. The van der Waals surface area contributed by atoms with Crippen LogP contribution in [0.3, 0.4) is 0 Å². The topological polar surface area (TPSA) is 26.3 Å². The SMILES string of the molecule is C=C(C)C(=O)OCCC[P+](c1ccccc1)(c1ccccc1)c1ccccc1. The average molecular weight is 389 g/mol. The van der Waals surface area contributed by atoms with Crippen LogP contribution < -0.4 is 15.9 Å². The van der Waals surface area contributed by atoms with E-state index in [4.69, 9.17) is 4.74 Å². The van der Waals surface area contributed by atoms with Crippen molar-refractivity contribution in [1.82, 2.24) is 0 Å². The van der Waals surface area contributed by atoms with Crippen molar-refractivity contribution in [2.75, 3.05) is 12.8 Å². The van der Waals surface area contributed by atoms with E-state index in [2.05, 4.69) is 97.6 Å². The third kappa shape index (κ3) is 4.40. The van der Waals surface area contributed by atoms with Crippen LogP contribution in [0, 0.1) is 0 Å². The number of hydrogen-bond acceptors (Lipinski definition) is 2. The predicted molar refractivity (Wildman–Crippen MR) is 120 cm³/mol. The van der Waals surface area contributed by atoms with Crippen LogP contribution in [0.2, 0.25) is 0 Å². The number of ether oxygens (including phenoxy) is 1. The van der Waals surface area contributed by atoms with Gasteiger partial charge in [0.2, 0.25) is 0 Å². The molecule has 0 bridgehead atoms. The van der Waals surface area contributed by atoms with Crippen LogP contribution in [0.25, 0.3) is 0 Å². The van der Waals surface area contributed by atoms with Crippen LogP contribution >= 0.6 is 7.26 Å². The van der Waals surface area contributed by atoms with E-state index >= 15 is 0 Å². The zero-order valence-corrected chi connectivity index (χ0v) is 17.1. The van der Waals surface area contributed by atoms with Crippen LogP contribution in [-0.2, 0) is 9.53 Å². The van der Waals surface area contributed by atoms with Crippen molar-refractivity contribution in [2.24, 2.45) is 0 Å². The second kappa shape index (κ2) is 9.48. The Balaban J connectivity index is 2.01. The first-order valence-electron chi connectivity index (χ1n) is 9.52. The second-order valence-electron chi connectivity index (χ2n) is 6.81. The zero-order valence-electron chi connectivity index (χ0n) is 16.3. The molecule has 2 nitrogen and oxygen atoms in total. The summed E-state index contributed by atoms with van der Waals surface area (Å²) in [4.78, 5) is 11.8. The van der Waals surface area contributed by atoms with Crippen molar-refractivity contribution < 1.29 is 9.53 Å². The minimum atomic E-state index is -1.85. The second-order valence-corrected chi connectivity index (χ2v) is 10.4. The molecule has 0 fully saturated rings. The molecule has 0 aliphatic carbocycles. The highest BCUT2D eigenvalue weighted by Gasteiger charge is 2.44. The zero-order chi connectivity index (χ0) is 19.8. The van der Waals surface area contributed by atoms with E-state index in [0.29, 0.717) is 12.2 Å². The minimum Gasteiger partial charge on any atom is -0.462 e. The molecule has 0 saturated carbocycles. The Hall–Kier alpha value is -2.70. The van der Waals surface area contributed by atoms with Gasteiger partial charge in [0, 0.05) is 12.0 Å². The summed E-state index contributed by atoms with van der Waals surface area (Å²) in [6.07, 6.45) is 1.74. The highest BCUT2D eigenvalue weighted by Crippen LogP contribution is 2.55. The molecular formula is C25H26O2P+. The van der Waals surface area contributed by atoms with Gasteiger partial charge in [0.25, 0.3) is 0 Å². The van der Waals surface area contributed by atoms with Crippen LogP contribution in [0.15, 0.2) is 103 Å². The quantitative estimate of drug-likeness (QED) is 0.246. The summed E-state index contributed by atoms with van der Waals surface area (Å²) in [5.41, 5.74) is 0.440. The first-order valence-corrected chi connectivity index (χ1v) is 11.5. The van der Waals surface area contributed by atoms with Gasteiger partial charge in [0.1, 0.15) is 23.2 Å². The van der Waals surface area contributed by atoms with Crippen molar-refractivity contribution in [2.45, 2.75) is 13.3 Å². The standard InChI is InChI=1S/C25H26O2P/c1-21(2)25(26)27-19-12-20-28(22-13-6-3-7-14-22,23-15-8-4-9-16-23)24-17-10-5-11-18-24/h3-11,13-18H,1,12,19-20H2,2H3/q+1. The Labute approximate surface area is 168 Å². The molecule has 0 aliphatic heterocycles. The van der Waals surface area contributed by atoms with Gasteiger partial charge in [0.15, 0.2) is 0 Å². The van der Waals surface area contributed by atoms with Crippen LogP contribution in [0.5, 0.6) is 0 Å². The van der Waals surface area contributed by atoms with Crippen molar-refractivity contribution in [3.8, 4) is 0 Å². The molecule has 142 valence electrons. The Morgan fingerprint density at radius 1 is 0.786 bits per heavy atom. The lowest BCUT2D eigenvalue weighted by atomic mass is 10.3. The van der Waals surface area contributed by atoms with Gasteiger partial charge in [-0.05, 0) is 43.3 Å². The first kappa shape index (κ1) is 20.0. The summed E-state index contributed by atoms with van der Waals surface area (Å²) in [6.45, 7) is 5.74. The van der Waals surface area contributed by atoms with Crippen molar-refractivity contribution in [1.29, 1.82) is 0 Å². The highest BCUT2D eigenvalue weighted by molar-refractivity contribution is 7.95. The normalized spacial score (nSPS) is 11.0. The Morgan fingerprint density at radius 2 is 1.18 bits per heavy atom. The average Bonchev–Trinajstić information content (AvgIpc) is 2.75. The van der Waals surface area contributed by atoms with Gasteiger partial charge in [-0.2, -0.15) is 0 Å². The Kier molecular flexibility index (Phi) is 6.79. The molecule has 0 heterocycles. The largest absolute Gasteiger partial charge is 0.462 e. The number of esters is 1. The molecule has 3 aromatic carbocycles. The molecule has 0 unspecified atom stereocenters. The molecule has 0 spiro atoms. The van der Waals surface area contributed by atoms with E-state index in [1.165, 1.54) is 15.9 Å². The number of rotatable bonds is 8. The van der Waals surface area contributed by atoms with E-state index < -0.39 is 7.26 Å². The summed E-state index contributed by atoms with van der Waals surface area (Å²) in [5, 5.41) is 4.04. The molecule has 0 amide bonds. The van der Waals surface area contributed by atoms with Crippen LogP contribution in [0.1, 0.15) is 13.3 Å². The Morgan fingerprint density at radius 3 is 1.54 bits per heavy atom. The molecule has 0 radical (unpaired) electrons. The summed E-state index contributed by atoms with van der Waals surface area (Å²) in [5.74, 6) is -0.317. The van der Waals surface area contributed by atoms with E-state index in [0.717, 1.165) is 12.6 Å². The maximum absolute atomic E-state index is 11.8. The third-order valence-corrected chi connectivity index (χ3v) is 9.34. The number of hydrogen-bond donors (Lipinski definition) is 0. The molecule has 0 aliphatic rings. The van der Waals surface area contributed by atoms with Gasteiger partial charge in [-0.15, -0.1) is 0 Å². The highest BCUT2D eigenvalue weighted by atomic mass is 31.2. The van der Waals surface area contributed by atoms with Gasteiger partial charge >= 0.3 is 5.97 Å². The number of carbonyl (C=O) groups is 1. The molecule has 3 heteroatoms. The smallest absolute Gasteiger partial charge is 0.333 e. The number of benzene rings is 3. The third-order valence-electron chi connectivity index (χ3n) is 4.81. The minimum absolute atomic E-state index is 0.317. The van der Waals surface area contributed by atoms with Gasteiger partial charge < -0.3 is 4.74 Å². The van der Waals surface area contributed by atoms with Crippen molar-refractivity contribution in [3.05, 3.63) is 103 Å². The van der Waals surface area contributed by atoms with E-state index in [-0.39, 0.29) is 5.97 Å². The van der Waals surface area contributed by atoms with E-state index in [1.807, 2.05) is 0 Å². The molecule has 0 aromatic heterocycles. The van der Waals surface area contributed by atoms with Crippen molar-refractivity contribution in [3.63, 3.8) is 0 Å². The lowest BCUT2D eigenvalue weighted by Crippen LogP contribution is -2.33. The molecule has 0 atom stereocenters. The predicted octanol–water partition coefficient (Wildman–Crippen LogP) is 4.49. The fraction of sp³-hybridized carbons (Fsp3) is 0.160. The van der Waals surface area contributed by atoms with Gasteiger partial charge in [-0.25, -0.2) is 4.79 Å². The maximum Gasteiger partial charge on any atom is 0.333 e. The molecular weight excluding hydrogens is 363 g/mol. The lowest BCUT2D eigenvalue weighted by molar-refractivity contribution is -0.138. The van der Waals surface area contributed by atoms with Crippen molar-refractivity contribution >= 4 is 29.1 Å². The monoisotopic (exact) mass is 389 g/mol. The summed E-state index contributed by atoms with van der Waals surface area (Å²) < 4.78 is 5.39. The molecule has 3 rings (SSSR count). The molecule has 3 aromatic rings. The molecule has 0 N–H and O–H groups in total. The van der Waals surface area contributed by atoms with Gasteiger partial charge in [-0.1, -0.05) is 61.2 Å². The maximum atomic E-state index is 11.8. The van der Waals surface area contributed by atoms with E-state index in [1.54, 1.807) is 6.92 Å². The van der Waals surface area contributed by atoms with Gasteiger partial charge in [0.05, 0.1) is 12.8 Å². The fourth-order valence-corrected chi connectivity index (χ4v) is 7.79.